The van der Waals surface area contributed by atoms with Gasteiger partial charge in [0.15, 0.2) is 0 Å². The fourth-order valence-electron chi connectivity index (χ4n) is 2.48. The van der Waals surface area contributed by atoms with E-state index in [0.29, 0.717) is 30.3 Å². The number of hydrogen-bond donors (Lipinski definition) is 3. The number of benzene rings is 1. The monoisotopic (exact) mass is 290 g/mol. The first-order valence-electron chi connectivity index (χ1n) is 7.11. The Kier molecular flexibility index (Phi) is 4.93. The van der Waals surface area contributed by atoms with E-state index in [2.05, 4.69) is 5.32 Å². The molecule has 1 fully saturated rings. The summed E-state index contributed by atoms with van der Waals surface area (Å²) in [4.78, 5) is 25.0. The SMILES string of the molecule is CN(CC(=O)Nc1ccc(C(N)=O)cc1)C(CN)C1CC1. The van der Waals surface area contributed by atoms with Crippen molar-refractivity contribution in [2.75, 3.05) is 25.5 Å². The molecule has 0 heterocycles. The number of amides is 2. The van der Waals surface area contributed by atoms with Crippen molar-refractivity contribution in [3.8, 4) is 0 Å². The molecule has 0 spiro atoms. The molecule has 1 aromatic rings. The lowest BCUT2D eigenvalue weighted by Crippen LogP contribution is -2.43. The summed E-state index contributed by atoms with van der Waals surface area (Å²) < 4.78 is 0. The molecule has 114 valence electrons. The molecular weight excluding hydrogens is 268 g/mol. The van der Waals surface area contributed by atoms with Crippen LogP contribution in [0.1, 0.15) is 23.2 Å². The van der Waals surface area contributed by atoms with E-state index in [1.165, 1.54) is 12.8 Å². The lowest BCUT2D eigenvalue weighted by Gasteiger charge is -2.26. The molecule has 1 saturated carbocycles. The Morgan fingerprint density at radius 1 is 1.33 bits per heavy atom. The van der Waals surface area contributed by atoms with Crippen LogP contribution in [0.2, 0.25) is 0 Å². The molecule has 6 nitrogen and oxygen atoms in total. The summed E-state index contributed by atoms with van der Waals surface area (Å²) >= 11 is 0. The minimum atomic E-state index is -0.483. The Morgan fingerprint density at radius 3 is 2.43 bits per heavy atom. The molecule has 21 heavy (non-hydrogen) atoms. The number of rotatable bonds is 7. The van der Waals surface area contributed by atoms with E-state index in [0.717, 1.165) is 0 Å². The molecule has 2 rings (SSSR count). The van der Waals surface area contributed by atoms with Crippen molar-refractivity contribution >= 4 is 17.5 Å². The first kappa shape index (κ1) is 15.5. The summed E-state index contributed by atoms with van der Waals surface area (Å²) in [6, 6.07) is 6.79. The van der Waals surface area contributed by atoms with Crippen molar-refractivity contribution in [3.63, 3.8) is 0 Å². The number of nitrogens with one attached hydrogen (secondary N) is 1. The molecule has 0 aliphatic heterocycles. The highest BCUT2D eigenvalue weighted by atomic mass is 16.2. The van der Waals surface area contributed by atoms with Gasteiger partial charge in [-0.05, 0) is 50.1 Å². The Bertz CT molecular complexity index is 511. The van der Waals surface area contributed by atoms with E-state index >= 15 is 0 Å². The largest absolute Gasteiger partial charge is 0.366 e. The second-order valence-electron chi connectivity index (χ2n) is 5.55. The predicted octanol–water partition coefficient (Wildman–Crippen LogP) is 0.393. The number of anilines is 1. The van der Waals surface area contributed by atoms with Crippen molar-refractivity contribution in [2.24, 2.45) is 17.4 Å². The summed E-state index contributed by atoms with van der Waals surface area (Å²) in [5, 5.41) is 2.80. The first-order valence-corrected chi connectivity index (χ1v) is 7.11. The van der Waals surface area contributed by atoms with E-state index < -0.39 is 5.91 Å². The van der Waals surface area contributed by atoms with Crippen LogP contribution < -0.4 is 16.8 Å². The van der Waals surface area contributed by atoms with Gasteiger partial charge in [0.1, 0.15) is 0 Å². The average molecular weight is 290 g/mol. The van der Waals surface area contributed by atoms with Crippen LogP contribution in [0.4, 0.5) is 5.69 Å². The van der Waals surface area contributed by atoms with E-state index in [4.69, 9.17) is 11.5 Å². The summed E-state index contributed by atoms with van der Waals surface area (Å²) in [6.45, 7) is 0.873. The second-order valence-corrected chi connectivity index (χ2v) is 5.55. The van der Waals surface area contributed by atoms with Crippen LogP contribution in [0.5, 0.6) is 0 Å². The van der Waals surface area contributed by atoms with Gasteiger partial charge in [-0.25, -0.2) is 0 Å². The molecule has 0 radical (unpaired) electrons. The van der Waals surface area contributed by atoms with Crippen LogP contribution in [-0.2, 0) is 4.79 Å². The van der Waals surface area contributed by atoms with Crippen LogP contribution in [0.25, 0.3) is 0 Å². The number of likely N-dealkylation sites (N-methyl/N-ethyl adjacent to an activating group) is 1. The highest BCUT2D eigenvalue weighted by Crippen LogP contribution is 2.34. The number of carbonyl (C=O) groups excluding carboxylic acids is 2. The first-order chi connectivity index (χ1) is 10.0. The third-order valence-corrected chi connectivity index (χ3v) is 3.82. The van der Waals surface area contributed by atoms with Gasteiger partial charge < -0.3 is 16.8 Å². The molecule has 1 unspecified atom stereocenters. The maximum Gasteiger partial charge on any atom is 0.248 e. The minimum Gasteiger partial charge on any atom is -0.366 e. The number of hydrogen-bond acceptors (Lipinski definition) is 4. The zero-order valence-corrected chi connectivity index (χ0v) is 12.2. The van der Waals surface area contributed by atoms with Gasteiger partial charge in [-0.2, -0.15) is 0 Å². The standard InChI is InChI=1S/C15H22N4O2/c1-19(13(8-16)10-2-3-10)9-14(20)18-12-6-4-11(5-7-12)15(17)21/h4-7,10,13H,2-3,8-9,16H2,1H3,(H2,17,21)(H,18,20). The fourth-order valence-corrected chi connectivity index (χ4v) is 2.48. The molecule has 5 N–H and O–H groups in total. The number of primary amides is 1. The zero-order chi connectivity index (χ0) is 15.4. The molecule has 0 bridgehead atoms. The Balaban J connectivity index is 1.87. The maximum absolute atomic E-state index is 12.0. The van der Waals surface area contributed by atoms with Crippen molar-refractivity contribution in [2.45, 2.75) is 18.9 Å². The van der Waals surface area contributed by atoms with Gasteiger partial charge in [0.25, 0.3) is 0 Å². The van der Waals surface area contributed by atoms with Crippen LogP contribution in [-0.4, -0.2) is 42.9 Å². The van der Waals surface area contributed by atoms with Gasteiger partial charge >= 0.3 is 0 Å². The Hall–Kier alpha value is -1.92. The van der Waals surface area contributed by atoms with Crippen LogP contribution >= 0.6 is 0 Å². The molecular formula is C15H22N4O2. The van der Waals surface area contributed by atoms with Crippen molar-refractivity contribution in [3.05, 3.63) is 29.8 Å². The molecule has 1 aliphatic rings. The number of nitrogens with zero attached hydrogens (tertiary/aromatic N) is 1. The average Bonchev–Trinajstić information content (AvgIpc) is 3.24. The number of nitrogens with two attached hydrogens (primary N) is 2. The maximum atomic E-state index is 12.0. The smallest absolute Gasteiger partial charge is 0.248 e. The highest BCUT2D eigenvalue weighted by Gasteiger charge is 2.33. The lowest BCUT2D eigenvalue weighted by molar-refractivity contribution is -0.117. The van der Waals surface area contributed by atoms with E-state index in [1.807, 2.05) is 11.9 Å². The Morgan fingerprint density at radius 2 is 1.95 bits per heavy atom. The molecule has 1 aromatic carbocycles. The van der Waals surface area contributed by atoms with Gasteiger partial charge in [-0.15, -0.1) is 0 Å². The van der Waals surface area contributed by atoms with Crippen LogP contribution in [0.3, 0.4) is 0 Å². The molecule has 0 aromatic heterocycles. The molecule has 1 atom stereocenters. The summed E-state index contributed by atoms with van der Waals surface area (Å²) in [5.74, 6) is 0.0499. The van der Waals surface area contributed by atoms with Crippen molar-refractivity contribution in [1.29, 1.82) is 0 Å². The van der Waals surface area contributed by atoms with E-state index in [1.54, 1.807) is 24.3 Å². The van der Waals surface area contributed by atoms with Crippen LogP contribution in [0, 0.1) is 5.92 Å². The van der Waals surface area contributed by atoms with E-state index in [9.17, 15) is 9.59 Å². The summed E-state index contributed by atoms with van der Waals surface area (Å²) in [5.41, 5.74) is 12.0. The lowest BCUT2D eigenvalue weighted by atomic mass is 10.1. The predicted molar refractivity (Wildman–Crippen MR) is 81.8 cm³/mol. The summed E-state index contributed by atoms with van der Waals surface area (Å²) in [6.07, 6.45) is 2.39. The van der Waals surface area contributed by atoms with Gasteiger partial charge in [0.2, 0.25) is 11.8 Å². The molecule has 0 saturated heterocycles. The number of carbonyl (C=O) groups is 2. The van der Waals surface area contributed by atoms with E-state index in [-0.39, 0.29) is 11.9 Å². The van der Waals surface area contributed by atoms with Gasteiger partial charge in [-0.1, -0.05) is 0 Å². The third-order valence-electron chi connectivity index (χ3n) is 3.82. The van der Waals surface area contributed by atoms with Crippen molar-refractivity contribution < 1.29 is 9.59 Å². The van der Waals surface area contributed by atoms with Crippen LogP contribution in [0.15, 0.2) is 24.3 Å². The second kappa shape index (κ2) is 6.69. The summed E-state index contributed by atoms with van der Waals surface area (Å²) in [7, 11) is 1.92. The Labute approximate surface area is 124 Å². The third kappa shape index (κ3) is 4.27. The zero-order valence-electron chi connectivity index (χ0n) is 12.2. The topological polar surface area (TPSA) is 101 Å². The molecule has 2 amide bonds. The van der Waals surface area contributed by atoms with Gasteiger partial charge in [0.05, 0.1) is 6.54 Å². The normalized spacial score (nSPS) is 15.8. The quantitative estimate of drug-likeness (QED) is 0.676. The molecule has 6 heteroatoms. The highest BCUT2D eigenvalue weighted by molar-refractivity contribution is 5.95. The minimum absolute atomic E-state index is 0.0941. The van der Waals surface area contributed by atoms with Gasteiger partial charge in [-0.3, -0.25) is 14.5 Å². The van der Waals surface area contributed by atoms with Gasteiger partial charge in [0, 0.05) is 23.8 Å². The molecule has 1 aliphatic carbocycles. The van der Waals surface area contributed by atoms with Crippen molar-refractivity contribution in [1.82, 2.24) is 4.90 Å². The fraction of sp³-hybridized carbons (Fsp3) is 0.467.